The van der Waals surface area contributed by atoms with Crippen LogP contribution in [0.3, 0.4) is 0 Å². The standard InChI is InChI=1S/C16H17N2O2.K/c1-12-4-5-13(2)18(12)15-9-6-14(7-10-15)8-11-16(19)17(3)20;/h4-11H,1-3H3;/q-1;+1/b11-8+;. The van der Waals surface area contributed by atoms with Crippen LogP contribution < -0.4 is 51.4 Å². The molecule has 0 N–H and O–H groups in total. The van der Waals surface area contributed by atoms with Gasteiger partial charge in [0, 0.05) is 23.2 Å². The predicted molar refractivity (Wildman–Crippen MR) is 80.4 cm³/mol. The molecule has 0 aliphatic rings. The van der Waals surface area contributed by atoms with Gasteiger partial charge in [0.25, 0.3) is 0 Å². The molecule has 0 radical (unpaired) electrons. The maximum Gasteiger partial charge on any atom is 1.00 e. The number of likely N-dealkylation sites (N-methyl/N-ethyl adjacent to an activating group) is 1. The van der Waals surface area contributed by atoms with Crippen LogP contribution in [0.4, 0.5) is 0 Å². The Morgan fingerprint density at radius 2 is 1.62 bits per heavy atom. The van der Waals surface area contributed by atoms with E-state index in [-0.39, 0.29) is 51.4 Å². The van der Waals surface area contributed by atoms with Crippen LogP contribution in [0.2, 0.25) is 0 Å². The number of amides is 1. The number of hydroxylamine groups is 2. The second-order valence-electron chi connectivity index (χ2n) is 4.71. The van der Waals surface area contributed by atoms with Gasteiger partial charge in [-0.3, -0.25) is 4.79 Å². The van der Waals surface area contributed by atoms with Gasteiger partial charge in [-0.1, -0.05) is 12.1 Å². The van der Waals surface area contributed by atoms with Gasteiger partial charge in [0.05, 0.1) is 0 Å². The molecule has 0 unspecified atom stereocenters. The summed E-state index contributed by atoms with van der Waals surface area (Å²) in [4.78, 5) is 11.2. The molecule has 1 aromatic heterocycles. The SMILES string of the molecule is Cc1ccc(C)n1-c1ccc(/C=C/C(=O)N(C)[O-])cc1.[K+]. The van der Waals surface area contributed by atoms with Crippen molar-refractivity contribution in [3.63, 3.8) is 0 Å². The largest absolute Gasteiger partial charge is 1.00 e. The van der Waals surface area contributed by atoms with Crippen molar-refractivity contribution in [1.29, 1.82) is 0 Å². The van der Waals surface area contributed by atoms with E-state index in [1.165, 1.54) is 24.5 Å². The van der Waals surface area contributed by atoms with Crippen LogP contribution in [-0.2, 0) is 4.79 Å². The molecule has 0 spiro atoms. The zero-order chi connectivity index (χ0) is 14.7. The van der Waals surface area contributed by atoms with Gasteiger partial charge < -0.3 is 14.8 Å². The fourth-order valence-electron chi connectivity index (χ4n) is 2.08. The summed E-state index contributed by atoms with van der Waals surface area (Å²) in [6.07, 6.45) is 2.91. The van der Waals surface area contributed by atoms with E-state index in [1.807, 2.05) is 24.3 Å². The van der Waals surface area contributed by atoms with Crippen LogP contribution in [0.25, 0.3) is 11.8 Å². The summed E-state index contributed by atoms with van der Waals surface area (Å²) in [6, 6.07) is 12.0. The van der Waals surface area contributed by atoms with Crippen molar-refractivity contribution >= 4 is 12.0 Å². The summed E-state index contributed by atoms with van der Waals surface area (Å²) >= 11 is 0. The minimum absolute atomic E-state index is 0. The number of benzene rings is 1. The van der Waals surface area contributed by atoms with E-state index in [9.17, 15) is 10.0 Å². The Hall–Kier alpha value is -0.694. The van der Waals surface area contributed by atoms with E-state index in [1.54, 1.807) is 6.08 Å². The molecule has 1 heterocycles. The first-order chi connectivity index (χ1) is 9.49. The molecule has 5 heteroatoms. The molecule has 0 saturated heterocycles. The zero-order valence-corrected chi connectivity index (χ0v) is 16.0. The number of aryl methyl sites for hydroxylation is 2. The van der Waals surface area contributed by atoms with Crippen LogP contribution in [-0.4, -0.2) is 22.6 Å². The molecular formula is C16H17KN2O2. The van der Waals surface area contributed by atoms with E-state index in [0.29, 0.717) is 5.06 Å². The van der Waals surface area contributed by atoms with Gasteiger partial charge in [0.15, 0.2) is 0 Å². The molecule has 104 valence electrons. The van der Waals surface area contributed by atoms with E-state index in [0.717, 1.165) is 11.3 Å². The van der Waals surface area contributed by atoms with Crippen LogP contribution in [0, 0.1) is 19.1 Å². The quantitative estimate of drug-likeness (QED) is 0.458. The normalized spacial score (nSPS) is 10.5. The molecule has 0 fully saturated rings. The average Bonchev–Trinajstić information content (AvgIpc) is 2.76. The molecule has 0 aliphatic heterocycles. The van der Waals surface area contributed by atoms with E-state index < -0.39 is 5.91 Å². The smallest absolute Gasteiger partial charge is 0.756 e. The van der Waals surface area contributed by atoms with E-state index >= 15 is 0 Å². The first-order valence-electron chi connectivity index (χ1n) is 6.37. The van der Waals surface area contributed by atoms with Gasteiger partial charge in [0.1, 0.15) is 0 Å². The van der Waals surface area contributed by atoms with Crippen LogP contribution in [0.15, 0.2) is 42.5 Å². The van der Waals surface area contributed by atoms with Crippen molar-refractivity contribution in [3.8, 4) is 5.69 Å². The number of hydrogen-bond acceptors (Lipinski definition) is 2. The maximum absolute atomic E-state index is 11.2. The summed E-state index contributed by atoms with van der Waals surface area (Å²) in [5, 5.41) is 11.1. The number of hydrogen-bond donors (Lipinski definition) is 0. The fraction of sp³-hybridized carbons (Fsp3) is 0.188. The fourth-order valence-corrected chi connectivity index (χ4v) is 2.08. The Kier molecular flexibility index (Phi) is 7.06. The summed E-state index contributed by atoms with van der Waals surface area (Å²) < 4.78 is 2.16. The van der Waals surface area contributed by atoms with Crippen molar-refractivity contribution in [2.45, 2.75) is 13.8 Å². The summed E-state index contributed by atoms with van der Waals surface area (Å²) in [5.74, 6) is -0.564. The molecule has 0 atom stereocenters. The topological polar surface area (TPSA) is 48.3 Å². The van der Waals surface area contributed by atoms with Gasteiger partial charge in [0.2, 0.25) is 5.91 Å². The molecule has 21 heavy (non-hydrogen) atoms. The average molecular weight is 308 g/mol. The minimum atomic E-state index is -0.564. The molecule has 1 aromatic carbocycles. The Bertz CT molecular complexity index is 623. The second kappa shape index (κ2) is 8.07. The molecule has 0 saturated carbocycles. The second-order valence-corrected chi connectivity index (χ2v) is 4.71. The summed E-state index contributed by atoms with van der Waals surface area (Å²) in [6.45, 7) is 4.12. The van der Waals surface area contributed by atoms with Gasteiger partial charge in [-0.15, -0.1) is 0 Å². The van der Waals surface area contributed by atoms with Crippen LogP contribution in [0.5, 0.6) is 0 Å². The van der Waals surface area contributed by atoms with E-state index in [2.05, 4.69) is 30.5 Å². The van der Waals surface area contributed by atoms with Crippen molar-refractivity contribution in [2.24, 2.45) is 0 Å². The van der Waals surface area contributed by atoms with Crippen molar-refractivity contribution in [3.05, 3.63) is 64.6 Å². The first-order valence-corrected chi connectivity index (χ1v) is 6.37. The molecule has 2 rings (SSSR count). The Morgan fingerprint density at radius 3 is 2.10 bits per heavy atom. The molecule has 0 bridgehead atoms. The van der Waals surface area contributed by atoms with Crippen LogP contribution in [0.1, 0.15) is 17.0 Å². The third kappa shape index (κ3) is 4.64. The Labute approximate surface area is 167 Å². The zero-order valence-electron chi connectivity index (χ0n) is 12.8. The summed E-state index contributed by atoms with van der Waals surface area (Å²) in [7, 11) is 1.19. The number of carbonyl (C=O) groups is 1. The molecular weight excluding hydrogens is 291 g/mol. The predicted octanol–water partition coefficient (Wildman–Crippen LogP) is 0.0675. The Morgan fingerprint density at radius 1 is 1.10 bits per heavy atom. The molecule has 0 aliphatic carbocycles. The van der Waals surface area contributed by atoms with Gasteiger partial charge in [-0.05, 0) is 56.8 Å². The third-order valence-electron chi connectivity index (χ3n) is 3.15. The number of rotatable bonds is 3. The van der Waals surface area contributed by atoms with Gasteiger partial charge in [-0.25, -0.2) is 0 Å². The van der Waals surface area contributed by atoms with E-state index in [4.69, 9.17) is 0 Å². The van der Waals surface area contributed by atoms with Crippen molar-refractivity contribution in [2.75, 3.05) is 7.05 Å². The molecule has 2 aromatic rings. The Balaban J connectivity index is 0.00000220. The number of nitrogens with zero attached hydrogens (tertiary/aromatic N) is 2. The van der Waals surface area contributed by atoms with Gasteiger partial charge in [-0.2, -0.15) is 0 Å². The molecule has 4 nitrogen and oxygen atoms in total. The third-order valence-corrected chi connectivity index (χ3v) is 3.15. The number of aromatic nitrogens is 1. The number of carbonyl (C=O) groups excluding carboxylic acids is 1. The monoisotopic (exact) mass is 308 g/mol. The first kappa shape index (κ1) is 18.4. The van der Waals surface area contributed by atoms with Crippen LogP contribution >= 0.6 is 0 Å². The minimum Gasteiger partial charge on any atom is -0.756 e. The van der Waals surface area contributed by atoms with Gasteiger partial charge >= 0.3 is 51.4 Å². The molecule has 1 amide bonds. The van der Waals surface area contributed by atoms with Crippen molar-refractivity contribution in [1.82, 2.24) is 9.63 Å². The summed E-state index contributed by atoms with van der Waals surface area (Å²) in [5.41, 5.74) is 4.31. The maximum atomic E-state index is 11.2. The van der Waals surface area contributed by atoms with Crippen molar-refractivity contribution < 1.29 is 56.2 Å².